The quantitative estimate of drug-likeness (QED) is 0.349. The van der Waals surface area contributed by atoms with Crippen LogP contribution < -0.4 is 0 Å². The van der Waals surface area contributed by atoms with Gasteiger partial charge in [-0.25, -0.2) is 4.98 Å². The van der Waals surface area contributed by atoms with Crippen LogP contribution in [0.5, 0.6) is 0 Å². The molecule has 3 heteroatoms. The molecule has 0 aliphatic rings. The first-order valence-corrected chi connectivity index (χ1v) is 9.31. The number of fused-ring (bicyclic) bond motifs is 5. The van der Waals surface area contributed by atoms with E-state index in [4.69, 9.17) is 9.40 Å². The fourth-order valence-electron chi connectivity index (χ4n) is 4.11. The Labute approximate surface area is 161 Å². The Morgan fingerprint density at radius 2 is 1.54 bits per heavy atom. The van der Waals surface area contributed by atoms with Gasteiger partial charge >= 0.3 is 0 Å². The summed E-state index contributed by atoms with van der Waals surface area (Å²) in [6.45, 7) is 0. The number of hydrogen-bond acceptors (Lipinski definition) is 2. The highest BCUT2D eigenvalue weighted by molar-refractivity contribution is 6.20. The van der Waals surface area contributed by atoms with E-state index >= 15 is 0 Å². The number of furan rings is 1. The van der Waals surface area contributed by atoms with Gasteiger partial charge in [-0.3, -0.25) is 4.57 Å². The second kappa shape index (κ2) is 5.83. The van der Waals surface area contributed by atoms with Gasteiger partial charge in [-0.15, -0.1) is 0 Å². The largest absolute Gasteiger partial charge is 0.464 e. The maximum Gasteiger partial charge on any atom is 0.138 e. The Morgan fingerprint density at radius 1 is 0.679 bits per heavy atom. The normalized spacial score (nSPS) is 11.6. The molecule has 0 atom stereocenters. The molecule has 6 aromatic rings. The van der Waals surface area contributed by atoms with Crippen molar-refractivity contribution in [3.05, 3.63) is 97.4 Å². The Morgan fingerprint density at radius 3 is 2.46 bits per heavy atom. The van der Waals surface area contributed by atoms with Crippen molar-refractivity contribution in [3.8, 4) is 16.9 Å². The van der Waals surface area contributed by atoms with Crippen molar-refractivity contribution in [2.45, 2.75) is 0 Å². The van der Waals surface area contributed by atoms with Gasteiger partial charge in [-0.1, -0.05) is 48.5 Å². The molecule has 0 saturated carbocycles. The summed E-state index contributed by atoms with van der Waals surface area (Å²) in [6, 6.07) is 29.3. The molecule has 0 N–H and O–H groups in total. The Bertz CT molecular complexity index is 1460. The average Bonchev–Trinajstić information content (AvgIpc) is 3.36. The number of pyridine rings is 1. The zero-order valence-electron chi connectivity index (χ0n) is 15.0. The van der Waals surface area contributed by atoms with Crippen LogP contribution in [0.1, 0.15) is 0 Å². The number of rotatable bonds is 2. The molecule has 3 aromatic heterocycles. The van der Waals surface area contributed by atoms with Gasteiger partial charge in [0.2, 0.25) is 0 Å². The van der Waals surface area contributed by atoms with Gasteiger partial charge in [0.15, 0.2) is 0 Å². The van der Waals surface area contributed by atoms with Crippen LogP contribution >= 0.6 is 0 Å². The standard InChI is InChI=1S/C25H16N2O/c1-2-6-17(7-3-1)18-12-14-26-24(16-18)27-21-9-5-4-8-19(21)25-20-13-15-28-23(20)11-10-22(25)27/h1-16H. The Kier molecular flexibility index (Phi) is 3.17. The second-order valence-corrected chi connectivity index (χ2v) is 6.91. The summed E-state index contributed by atoms with van der Waals surface area (Å²) in [5, 5.41) is 3.54. The maximum atomic E-state index is 5.64. The van der Waals surface area contributed by atoms with E-state index < -0.39 is 0 Å². The molecule has 28 heavy (non-hydrogen) atoms. The minimum absolute atomic E-state index is 0.904. The minimum Gasteiger partial charge on any atom is -0.464 e. The summed E-state index contributed by atoms with van der Waals surface area (Å²) in [7, 11) is 0. The van der Waals surface area contributed by atoms with Crippen molar-refractivity contribution in [2.24, 2.45) is 0 Å². The predicted octanol–water partition coefficient (Wildman–Crippen LogP) is 6.59. The highest BCUT2D eigenvalue weighted by Gasteiger charge is 2.16. The van der Waals surface area contributed by atoms with Crippen molar-refractivity contribution in [1.29, 1.82) is 0 Å². The van der Waals surface area contributed by atoms with Crippen LogP contribution in [0.15, 0.2) is 102 Å². The van der Waals surface area contributed by atoms with E-state index in [0.717, 1.165) is 33.4 Å². The zero-order chi connectivity index (χ0) is 18.5. The van der Waals surface area contributed by atoms with Gasteiger partial charge in [0.05, 0.1) is 17.3 Å². The maximum absolute atomic E-state index is 5.64. The lowest BCUT2D eigenvalue weighted by atomic mass is 10.1. The van der Waals surface area contributed by atoms with Crippen molar-refractivity contribution in [1.82, 2.24) is 9.55 Å². The van der Waals surface area contributed by atoms with E-state index in [1.165, 1.54) is 16.3 Å². The molecule has 132 valence electrons. The number of nitrogens with zero attached hydrogens (tertiary/aromatic N) is 2. The third-order valence-corrected chi connectivity index (χ3v) is 5.35. The SMILES string of the molecule is c1ccc(-c2ccnc(-n3c4ccccc4c4c5ccoc5ccc43)c2)cc1. The molecule has 0 aliphatic heterocycles. The van der Waals surface area contributed by atoms with E-state index in [-0.39, 0.29) is 0 Å². The Hall–Kier alpha value is -3.85. The highest BCUT2D eigenvalue weighted by atomic mass is 16.3. The van der Waals surface area contributed by atoms with Gasteiger partial charge in [-0.2, -0.15) is 0 Å². The van der Waals surface area contributed by atoms with E-state index in [2.05, 4.69) is 71.3 Å². The first-order chi connectivity index (χ1) is 13.9. The van der Waals surface area contributed by atoms with E-state index in [0.29, 0.717) is 0 Å². The average molecular weight is 360 g/mol. The van der Waals surface area contributed by atoms with Crippen LogP contribution in [-0.4, -0.2) is 9.55 Å². The summed E-state index contributed by atoms with van der Waals surface area (Å²) < 4.78 is 7.88. The van der Waals surface area contributed by atoms with Crippen LogP contribution in [-0.2, 0) is 0 Å². The van der Waals surface area contributed by atoms with E-state index in [9.17, 15) is 0 Å². The minimum atomic E-state index is 0.904. The van der Waals surface area contributed by atoms with E-state index in [1.807, 2.05) is 24.4 Å². The molecule has 3 heterocycles. The van der Waals surface area contributed by atoms with E-state index in [1.54, 1.807) is 6.26 Å². The molecule has 0 unspecified atom stereocenters. The second-order valence-electron chi connectivity index (χ2n) is 6.91. The lowest BCUT2D eigenvalue weighted by Crippen LogP contribution is -1.97. The molecule has 3 nitrogen and oxygen atoms in total. The van der Waals surface area contributed by atoms with Crippen LogP contribution in [0.4, 0.5) is 0 Å². The monoisotopic (exact) mass is 360 g/mol. The topological polar surface area (TPSA) is 31.0 Å². The zero-order valence-corrected chi connectivity index (χ0v) is 15.0. The number of para-hydroxylation sites is 1. The van der Waals surface area contributed by atoms with Crippen molar-refractivity contribution < 1.29 is 4.42 Å². The molecule has 0 amide bonds. The van der Waals surface area contributed by atoms with Crippen LogP contribution in [0.25, 0.3) is 49.7 Å². The predicted molar refractivity (Wildman–Crippen MR) is 114 cm³/mol. The van der Waals surface area contributed by atoms with Gasteiger partial charge in [0.25, 0.3) is 0 Å². The number of aromatic nitrogens is 2. The molecule has 0 spiro atoms. The van der Waals surface area contributed by atoms with Gasteiger partial charge in [0, 0.05) is 22.4 Å². The smallest absolute Gasteiger partial charge is 0.138 e. The molecule has 0 aliphatic carbocycles. The molecule has 0 bridgehead atoms. The summed E-state index contributed by atoms with van der Waals surface area (Å²) in [5.74, 6) is 0.912. The molecule has 0 fully saturated rings. The number of benzene rings is 3. The molecular weight excluding hydrogens is 344 g/mol. The number of hydrogen-bond donors (Lipinski definition) is 0. The Balaban J connectivity index is 1.71. The third-order valence-electron chi connectivity index (χ3n) is 5.35. The summed E-state index contributed by atoms with van der Waals surface area (Å²) >= 11 is 0. The highest BCUT2D eigenvalue weighted by Crippen LogP contribution is 2.37. The van der Waals surface area contributed by atoms with Gasteiger partial charge < -0.3 is 4.42 Å². The van der Waals surface area contributed by atoms with Gasteiger partial charge in [-0.05, 0) is 47.5 Å². The lowest BCUT2D eigenvalue weighted by Gasteiger charge is -2.09. The lowest BCUT2D eigenvalue weighted by molar-refractivity contribution is 0.616. The fraction of sp³-hybridized carbons (Fsp3) is 0. The summed E-state index contributed by atoms with van der Waals surface area (Å²) in [6.07, 6.45) is 3.64. The summed E-state index contributed by atoms with van der Waals surface area (Å²) in [4.78, 5) is 4.71. The van der Waals surface area contributed by atoms with Crippen LogP contribution in [0.2, 0.25) is 0 Å². The van der Waals surface area contributed by atoms with Crippen LogP contribution in [0.3, 0.4) is 0 Å². The molecular formula is C25H16N2O. The molecule has 3 aromatic carbocycles. The molecule has 0 saturated heterocycles. The molecule has 6 rings (SSSR count). The molecule has 0 radical (unpaired) electrons. The summed E-state index contributed by atoms with van der Waals surface area (Å²) in [5.41, 5.74) is 5.52. The fourth-order valence-corrected chi connectivity index (χ4v) is 4.11. The van der Waals surface area contributed by atoms with Gasteiger partial charge in [0.1, 0.15) is 11.4 Å². The van der Waals surface area contributed by atoms with Crippen molar-refractivity contribution >= 4 is 32.8 Å². The first kappa shape index (κ1) is 15.2. The van der Waals surface area contributed by atoms with Crippen molar-refractivity contribution in [2.75, 3.05) is 0 Å². The first-order valence-electron chi connectivity index (χ1n) is 9.31. The van der Waals surface area contributed by atoms with Crippen molar-refractivity contribution in [3.63, 3.8) is 0 Å². The van der Waals surface area contributed by atoms with Crippen LogP contribution in [0, 0.1) is 0 Å². The third kappa shape index (κ3) is 2.13.